The van der Waals surface area contributed by atoms with E-state index in [2.05, 4.69) is 43.5 Å². The summed E-state index contributed by atoms with van der Waals surface area (Å²) in [6.07, 6.45) is 62.2. The van der Waals surface area contributed by atoms with Crippen LogP contribution in [0.4, 0.5) is 0 Å². The monoisotopic (exact) mass is 816 g/mol. The summed E-state index contributed by atoms with van der Waals surface area (Å²) in [6, 6.07) is -0.818. The fraction of sp³-hybridized carbons (Fsp3) is 0.868. The number of carbonyl (C=O) groups excluding carboxylic acids is 1. The lowest BCUT2D eigenvalue weighted by Gasteiger charge is -2.21. The summed E-state index contributed by atoms with van der Waals surface area (Å²) in [7, 11) is 0. The number of nitrogens with one attached hydrogen (secondary N) is 1. The molecule has 3 unspecified atom stereocenters. The number of aliphatic hydroxyl groups is 3. The molecule has 0 bridgehead atoms. The van der Waals surface area contributed by atoms with Crippen molar-refractivity contribution < 1.29 is 20.1 Å². The summed E-state index contributed by atoms with van der Waals surface area (Å²) in [5.41, 5.74) is 0. The van der Waals surface area contributed by atoms with E-state index in [1.807, 2.05) is 6.08 Å². The molecular weight excluding hydrogens is 715 g/mol. The highest BCUT2D eigenvalue weighted by Gasteiger charge is 2.22. The number of allylic oxidation sites excluding steroid dienone is 5. The number of amides is 1. The predicted octanol–water partition coefficient (Wildman–Crippen LogP) is 15.5. The van der Waals surface area contributed by atoms with Gasteiger partial charge in [0.2, 0.25) is 5.91 Å². The van der Waals surface area contributed by atoms with Crippen LogP contribution in [0.15, 0.2) is 36.5 Å². The average molecular weight is 816 g/mol. The summed E-state index contributed by atoms with van der Waals surface area (Å²) < 4.78 is 0. The van der Waals surface area contributed by atoms with E-state index in [0.29, 0.717) is 6.42 Å². The van der Waals surface area contributed by atoms with Crippen molar-refractivity contribution in [3.05, 3.63) is 36.5 Å². The third-order valence-corrected chi connectivity index (χ3v) is 12.0. The van der Waals surface area contributed by atoms with Crippen LogP contribution in [0.2, 0.25) is 0 Å². The number of hydrogen-bond acceptors (Lipinski definition) is 4. The zero-order chi connectivity index (χ0) is 42.3. The van der Waals surface area contributed by atoms with E-state index in [1.165, 1.54) is 205 Å². The van der Waals surface area contributed by atoms with Crippen LogP contribution in [0.1, 0.15) is 271 Å². The maximum Gasteiger partial charge on any atom is 0.249 e. The first-order chi connectivity index (χ1) is 28.6. The Morgan fingerprint density at radius 1 is 0.414 bits per heavy atom. The Labute approximate surface area is 362 Å². The van der Waals surface area contributed by atoms with E-state index in [-0.39, 0.29) is 6.61 Å². The summed E-state index contributed by atoms with van der Waals surface area (Å²) in [6.45, 7) is 4.16. The van der Waals surface area contributed by atoms with Crippen LogP contribution in [0, 0.1) is 0 Å². The van der Waals surface area contributed by atoms with Gasteiger partial charge in [-0.1, -0.05) is 262 Å². The standard InChI is InChI=1S/C53H101NO4/c1-3-5-7-9-11-13-15-17-19-20-21-22-23-24-25-26-27-28-29-30-31-32-33-34-36-38-40-42-44-46-48-52(57)53(58)54-50(49-55)51(56)47-45-43-41-39-37-35-18-16-14-12-10-8-6-4-2/h14,16,37,39,45,47,50-52,55-57H,3-13,15,17-36,38,40-44,46,48-49H2,1-2H3,(H,54,58)/b16-14+,39-37+,47-45+. The second-order valence-corrected chi connectivity index (χ2v) is 17.7. The van der Waals surface area contributed by atoms with Crippen molar-refractivity contribution in [3.63, 3.8) is 0 Å². The Hall–Kier alpha value is -1.43. The van der Waals surface area contributed by atoms with Crippen LogP contribution in [0.5, 0.6) is 0 Å². The lowest BCUT2D eigenvalue weighted by atomic mass is 10.0. The van der Waals surface area contributed by atoms with Crippen LogP contribution >= 0.6 is 0 Å². The van der Waals surface area contributed by atoms with Crippen molar-refractivity contribution in [2.75, 3.05) is 6.61 Å². The first-order valence-corrected chi connectivity index (χ1v) is 25.8. The number of hydrogen-bond donors (Lipinski definition) is 4. The molecule has 0 aromatic carbocycles. The Morgan fingerprint density at radius 2 is 0.707 bits per heavy atom. The van der Waals surface area contributed by atoms with E-state index in [4.69, 9.17) is 0 Å². The minimum absolute atomic E-state index is 0.379. The van der Waals surface area contributed by atoms with Crippen molar-refractivity contribution in [2.24, 2.45) is 0 Å². The molecule has 0 rings (SSSR count). The first-order valence-electron chi connectivity index (χ1n) is 25.8. The summed E-state index contributed by atoms with van der Waals surface area (Å²) in [5.74, 6) is -0.514. The van der Waals surface area contributed by atoms with E-state index >= 15 is 0 Å². The Morgan fingerprint density at radius 3 is 1.05 bits per heavy atom. The average Bonchev–Trinajstić information content (AvgIpc) is 3.23. The van der Waals surface area contributed by atoms with E-state index < -0.39 is 24.2 Å². The number of unbranched alkanes of at least 4 members (excludes halogenated alkanes) is 35. The lowest BCUT2D eigenvalue weighted by molar-refractivity contribution is -0.131. The van der Waals surface area contributed by atoms with Crippen LogP contribution < -0.4 is 5.32 Å². The number of rotatable bonds is 47. The molecule has 0 aromatic heterocycles. The van der Waals surface area contributed by atoms with Crippen LogP contribution in [-0.4, -0.2) is 46.1 Å². The van der Waals surface area contributed by atoms with Gasteiger partial charge in [0.05, 0.1) is 18.8 Å². The van der Waals surface area contributed by atoms with Crippen molar-refractivity contribution in [1.82, 2.24) is 5.32 Å². The molecule has 0 radical (unpaired) electrons. The van der Waals surface area contributed by atoms with E-state index in [1.54, 1.807) is 6.08 Å². The molecule has 0 aliphatic carbocycles. The predicted molar refractivity (Wildman–Crippen MR) is 254 cm³/mol. The SMILES string of the molecule is CCCCCC/C=C/CC/C=C/CC/C=C/C(O)C(CO)NC(=O)C(O)CCCCCCCCCCCCCCCCCCCCCCCCCCCCCCCC. The molecule has 0 aliphatic rings. The van der Waals surface area contributed by atoms with Crippen molar-refractivity contribution in [2.45, 2.75) is 289 Å². The maximum absolute atomic E-state index is 12.5. The minimum atomic E-state index is -1.11. The molecular formula is C53H101NO4. The Balaban J connectivity index is 3.54. The number of aliphatic hydroxyl groups excluding tert-OH is 3. The largest absolute Gasteiger partial charge is 0.394 e. The molecule has 342 valence electrons. The van der Waals surface area contributed by atoms with Gasteiger partial charge in [0.25, 0.3) is 0 Å². The van der Waals surface area contributed by atoms with Gasteiger partial charge >= 0.3 is 0 Å². The van der Waals surface area contributed by atoms with Gasteiger partial charge in [-0.2, -0.15) is 0 Å². The lowest BCUT2D eigenvalue weighted by Crippen LogP contribution is -2.48. The van der Waals surface area contributed by atoms with Crippen LogP contribution in [0.3, 0.4) is 0 Å². The topological polar surface area (TPSA) is 89.8 Å². The van der Waals surface area contributed by atoms with Gasteiger partial charge in [-0.05, 0) is 44.9 Å². The van der Waals surface area contributed by atoms with Gasteiger partial charge in [-0.3, -0.25) is 4.79 Å². The first kappa shape index (κ1) is 56.6. The highest BCUT2D eigenvalue weighted by Crippen LogP contribution is 2.17. The quantitative estimate of drug-likeness (QED) is 0.0364. The van der Waals surface area contributed by atoms with Crippen molar-refractivity contribution >= 4 is 5.91 Å². The molecule has 3 atom stereocenters. The summed E-state index contributed by atoms with van der Waals surface area (Å²) >= 11 is 0. The molecule has 1 amide bonds. The van der Waals surface area contributed by atoms with Gasteiger partial charge in [-0.25, -0.2) is 0 Å². The smallest absolute Gasteiger partial charge is 0.249 e. The Bertz CT molecular complexity index is 901. The molecule has 0 spiro atoms. The second kappa shape index (κ2) is 48.2. The molecule has 58 heavy (non-hydrogen) atoms. The molecule has 4 N–H and O–H groups in total. The molecule has 5 nitrogen and oxygen atoms in total. The fourth-order valence-corrected chi connectivity index (χ4v) is 7.92. The molecule has 0 saturated carbocycles. The Kier molecular flexibility index (Phi) is 47.0. The highest BCUT2D eigenvalue weighted by molar-refractivity contribution is 5.80. The molecule has 0 aromatic rings. The van der Waals surface area contributed by atoms with Crippen LogP contribution in [0.25, 0.3) is 0 Å². The van der Waals surface area contributed by atoms with Crippen molar-refractivity contribution in [3.8, 4) is 0 Å². The highest BCUT2D eigenvalue weighted by atomic mass is 16.3. The second-order valence-electron chi connectivity index (χ2n) is 17.7. The van der Waals surface area contributed by atoms with E-state index in [0.717, 1.165) is 44.9 Å². The minimum Gasteiger partial charge on any atom is -0.394 e. The van der Waals surface area contributed by atoms with Gasteiger partial charge < -0.3 is 20.6 Å². The molecule has 0 saturated heterocycles. The molecule has 0 heterocycles. The van der Waals surface area contributed by atoms with Gasteiger partial charge in [0.1, 0.15) is 6.10 Å². The molecule has 0 aliphatic heterocycles. The zero-order valence-electron chi connectivity index (χ0n) is 38.9. The van der Waals surface area contributed by atoms with Gasteiger partial charge in [0, 0.05) is 0 Å². The van der Waals surface area contributed by atoms with Crippen molar-refractivity contribution in [1.29, 1.82) is 0 Å². The fourth-order valence-electron chi connectivity index (χ4n) is 7.92. The third kappa shape index (κ3) is 42.7. The maximum atomic E-state index is 12.5. The van der Waals surface area contributed by atoms with E-state index in [9.17, 15) is 20.1 Å². The zero-order valence-corrected chi connectivity index (χ0v) is 38.9. The molecule has 5 heteroatoms. The van der Waals surface area contributed by atoms with Gasteiger partial charge in [0.15, 0.2) is 0 Å². The van der Waals surface area contributed by atoms with Gasteiger partial charge in [-0.15, -0.1) is 0 Å². The molecule has 0 fully saturated rings. The summed E-state index contributed by atoms with van der Waals surface area (Å²) in [5, 5.41) is 33.2. The van der Waals surface area contributed by atoms with Crippen LogP contribution in [-0.2, 0) is 4.79 Å². The summed E-state index contributed by atoms with van der Waals surface area (Å²) in [4.78, 5) is 12.5. The normalized spacial score (nSPS) is 13.7. The number of carbonyl (C=O) groups is 1. The third-order valence-electron chi connectivity index (χ3n) is 12.0.